The normalized spacial score (nSPS) is 20.9. The smallest absolute Gasteiger partial charge is 0.254 e. The summed E-state index contributed by atoms with van der Waals surface area (Å²) in [4.78, 5) is 32.3. The minimum atomic E-state index is 0.0168. The molecule has 0 radical (unpaired) electrons. The number of likely N-dealkylation sites (tertiary alicyclic amines) is 1. The zero-order valence-corrected chi connectivity index (χ0v) is 17.4. The van der Waals surface area contributed by atoms with Crippen molar-refractivity contribution in [2.45, 2.75) is 13.3 Å². The molecule has 2 saturated heterocycles. The molecule has 0 saturated carbocycles. The van der Waals surface area contributed by atoms with Gasteiger partial charge in [-0.1, -0.05) is 41.9 Å². The Hall–Kier alpha value is -2.92. The first-order valence-electron chi connectivity index (χ1n) is 10.2. The Morgan fingerprint density at radius 2 is 1.83 bits per heavy atom. The second-order valence-electron chi connectivity index (χ2n) is 8.22. The number of fused-ring (bicyclic) bond motifs is 2. The number of hydrogen-bond acceptors (Lipinski definition) is 3. The first-order valence-corrected chi connectivity index (χ1v) is 10.6. The molecule has 0 aliphatic carbocycles. The summed E-state index contributed by atoms with van der Waals surface area (Å²) < 4.78 is 0. The van der Waals surface area contributed by atoms with Crippen LogP contribution in [0.5, 0.6) is 0 Å². The van der Waals surface area contributed by atoms with Crippen molar-refractivity contribution >= 4 is 34.3 Å². The summed E-state index contributed by atoms with van der Waals surface area (Å²) in [5.41, 5.74) is 4.09. The highest BCUT2D eigenvalue weighted by Gasteiger charge is 2.39. The number of amides is 2. The van der Waals surface area contributed by atoms with E-state index in [1.54, 1.807) is 0 Å². The van der Waals surface area contributed by atoms with E-state index in [4.69, 9.17) is 16.6 Å². The van der Waals surface area contributed by atoms with Crippen LogP contribution in [0.3, 0.4) is 0 Å². The number of carbonyl (C=O) groups is 2. The standard InChI is InChI=1S/C24H22ClN3O2/c1-14-22(24(30)28-12-16-10-21(29)26-11-17(16)13-28)19-4-2-3-5-20(19)27-23(14)15-6-8-18(25)9-7-15/h2-9,16-17H,10-13H2,1H3,(H,26,29)/t16-,17+/m1/s1. The van der Waals surface area contributed by atoms with Gasteiger partial charge in [0.25, 0.3) is 5.91 Å². The van der Waals surface area contributed by atoms with Crippen molar-refractivity contribution < 1.29 is 9.59 Å². The van der Waals surface area contributed by atoms with Crippen molar-refractivity contribution in [1.82, 2.24) is 15.2 Å². The molecule has 0 spiro atoms. The lowest BCUT2D eigenvalue weighted by Gasteiger charge is -2.23. The lowest BCUT2D eigenvalue weighted by molar-refractivity contribution is -0.124. The highest BCUT2D eigenvalue weighted by atomic mass is 35.5. The van der Waals surface area contributed by atoms with E-state index in [0.717, 1.165) is 27.7 Å². The third-order valence-electron chi connectivity index (χ3n) is 6.34. The van der Waals surface area contributed by atoms with Gasteiger partial charge in [-0.3, -0.25) is 9.59 Å². The number of carbonyl (C=O) groups excluding carboxylic acids is 2. The minimum Gasteiger partial charge on any atom is -0.356 e. The summed E-state index contributed by atoms with van der Waals surface area (Å²) in [5, 5.41) is 4.46. The number of pyridine rings is 1. The van der Waals surface area contributed by atoms with Crippen LogP contribution in [-0.4, -0.2) is 41.3 Å². The van der Waals surface area contributed by atoms with Crippen LogP contribution in [0.4, 0.5) is 0 Å². The SMILES string of the molecule is Cc1c(-c2ccc(Cl)cc2)nc2ccccc2c1C(=O)N1C[C@H]2CC(=O)NC[C@H]2C1. The number of piperidine rings is 1. The fraction of sp³-hybridized carbons (Fsp3) is 0.292. The molecule has 152 valence electrons. The van der Waals surface area contributed by atoms with E-state index < -0.39 is 0 Å². The number of para-hydroxylation sites is 1. The fourth-order valence-corrected chi connectivity index (χ4v) is 4.88. The lowest BCUT2D eigenvalue weighted by Crippen LogP contribution is -2.40. The van der Waals surface area contributed by atoms with Gasteiger partial charge in [-0.2, -0.15) is 0 Å². The maximum absolute atomic E-state index is 13.7. The van der Waals surface area contributed by atoms with Gasteiger partial charge in [0.2, 0.25) is 5.91 Å². The quantitative estimate of drug-likeness (QED) is 0.681. The maximum Gasteiger partial charge on any atom is 0.254 e. The van der Waals surface area contributed by atoms with Gasteiger partial charge >= 0.3 is 0 Å². The highest BCUT2D eigenvalue weighted by molar-refractivity contribution is 6.30. The van der Waals surface area contributed by atoms with Crippen LogP contribution < -0.4 is 5.32 Å². The Labute approximate surface area is 180 Å². The molecule has 6 heteroatoms. The first-order chi connectivity index (χ1) is 14.5. The fourth-order valence-electron chi connectivity index (χ4n) is 4.75. The molecule has 5 nitrogen and oxygen atoms in total. The van der Waals surface area contributed by atoms with Crippen LogP contribution in [0.2, 0.25) is 5.02 Å². The van der Waals surface area contributed by atoms with Crippen LogP contribution in [0.1, 0.15) is 22.3 Å². The van der Waals surface area contributed by atoms with Crippen LogP contribution in [0.25, 0.3) is 22.2 Å². The monoisotopic (exact) mass is 419 g/mol. The van der Waals surface area contributed by atoms with E-state index in [-0.39, 0.29) is 17.7 Å². The van der Waals surface area contributed by atoms with E-state index >= 15 is 0 Å². The van der Waals surface area contributed by atoms with Crippen LogP contribution in [0.15, 0.2) is 48.5 Å². The van der Waals surface area contributed by atoms with Crippen LogP contribution in [-0.2, 0) is 4.79 Å². The molecule has 2 aliphatic rings. The summed E-state index contributed by atoms with van der Waals surface area (Å²) in [6.07, 6.45) is 0.501. The van der Waals surface area contributed by atoms with Crippen molar-refractivity contribution in [2.75, 3.05) is 19.6 Å². The molecule has 1 N–H and O–H groups in total. The molecule has 0 unspecified atom stereocenters. The number of rotatable bonds is 2. The number of hydrogen-bond donors (Lipinski definition) is 1. The van der Waals surface area contributed by atoms with Gasteiger partial charge in [0.1, 0.15) is 0 Å². The van der Waals surface area contributed by atoms with Gasteiger partial charge in [-0.25, -0.2) is 4.98 Å². The van der Waals surface area contributed by atoms with E-state index in [9.17, 15) is 9.59 Å². The summed E-state index contributed by atoms with van der Waals surface area (Å²) in [6, 6.07) is 15.3. The van der Waals surface area contributed by atoms with Crippen molar-refractivity contribution in [3.05, 3.63) is 64.7 Å². The molecular formula is C24H22ClN3O2. The van der Waals surface area contributed by atoms with Crippen molar-refractivity contribution in [3.8, 4) is 11.3 Å². The summed E-state index contributed by atoms with van der Waals surface area (Å²) in [6.45, 7) is 3.92. The third kappa shape index (κ3) is 3.23. The zero-order valence-electron chi connectivity index (χ0n) is 16.7. The average Bonchev–Trinajstić information content (AvgIpc) is 3.17. The largest absolute Gasteiger partial charge is 0.356 e. The summed E-state index contributed by atoms with van der Waals surface area (Å²) in [7, 11) is 0. The molecule has 0 bridgehead atoms. The molecule has 3 aromatic rings. The average molecular weight is 420 g/mol. The number of benzene rings is 2. The molecule has 3 heterocycles. The minimum absolute atomic E-state index is 0.0168. The summed E-state index contributed by atoms with van der Waals surface area (Å²) in [5.74, 6) is 0.673. The third-order valence-corrected chi connectivity index (χ3v) is 6.59. The Balaban J connectivity index is 1.59. The van der Waals surface area contributed by atoms with E-state index in [2.05, 4.69) is 5.32 Å². The van der Waals surface area contributed by atoms with Crippen molar-refractivity contribution in [1.29, 1.82) is 0 Å². The van der Waals surface area contributed by atoms with Gasteiger partial charge in [-0.05, 0) is 42.5 Å². The topological polar surface area (TPSA) is 62.3 Å². The van der Waals surface area contributed by atoms with Crippen LogP contribution in [0, 0.1) is 18.8 Å². The first kappa shape index (κ1) is 19.1. The summed E-state index contributed by atoms with van der Waals surface area (Å²) >= 11 is 6.06. The van der Waals surface area contributed by atoms with Gasteiger partial charge in [-0.15, -0.1) is 0 Å². The molecule has 30 heavy (non-hydrogen) atoms. The van der Waals surface area contributed by atoms with Gasteiger partial charge in [0.05, 0.1) is 16.8 Å². The van der Waals surface area contributed by atoms with Gasteiger partial charge in [0.15, 0.2) is 0 Å². The number of nitrogens with one attached hydrogen (secondary N) is 1. The second kappa shape index (κ2) is 7.40. The number of aromatic nitrogens is 1. The van der Waals surface area contributed by atoms with E-state index in [1.807, 2.05) is 60.4 Å². The second-order valence-corrected chi connectivity index (χ2v) is 8.66. The van der Waals surface area contributed by atoms with Crippen molar-refractivity contribution in [3.63, 3.8) is 0 Å². The molecule has 5 rings (SSSR count). The molecular weight excluding hydrogens is 398 g/mol. The molecule has 2 aliphatic heterocycles. The Morgan fingerprint density at radius 1 is 1.10 bits per heavy atom. The highest BCUT2D eigenvalue weighted by Crippen LogP contribution is 2.34. The molecule has 1 aromatic heterocycles. The predicted molar refractivity (Wildman–Crippen MR) is 117 cm³/mol. The molecule has 2 atom stereocenters. The van der Waals surface area contributed by atoms with Gasteiger partial charge < -0.3 is 10.2 Å². The molecule has 2 amide bonds. The number of halogens is 1. The lowest BCUT2D eigenvalue weighted by atomic mass is 9.89. The van der Waals surface area contributed by atoms with Crippen LogP contribution >= 0.6 is 11.6 Å². The zero-order chi connectivity index (χ0) is 20.8. The molecule has 2 fully saturated rings. The van der Waals surface area contributed by atoms with Gasteiger partial charge in [0, 0.05) is 42.0 Å². The molecule has 2 aromatic carbocycles. The Kier molecular flexibility index (Phi) is 4.70. The predicted octanol–water partition coefficient (Wildman–Crippen LogP) is 4.07. The van der Waals surface area contributed by atoms with Crippen molar-refractivity contribution in [2.24, 2.45) is 11.8 Å². The number of nitrogens with zero attached hydrogens (tertiary/aromatic N) is 2. The Bertz CT molecular complexity index is 1160. The van der Waals surface area contributed by atoms with E-state index in [1.165, 1.54) is 0 Å². The van der Waals surface area contributed by atoms with E-state index in [0.29, 0.717) is 42.6 Å². The maximum atomic E-state index is 13.7. The Morgan fingerprint density at radius 3 is 2.63 bits per heavy atom.